The highest BCUT2D eigenvalue weighted by Gasteiger charge is 1.45. The van der Waals surface area contributed by atoms with Gasteiger partial charge in [0.25, 0.3) is 0 Å². The topological polar surface area (TPSA) is 36.2 Å². The molecule has 0 radical (unpaired) electrons. The molecule has 0 bridgehead atoms. The number of hydrogen-bond donors (Lipinski definition) is 2. The Labute approximate surface area is 36.0 Å². The predicted octanol–water partition coefficient (Wildman–Crippen LogP) is 0.552. The Kier molecular flexibility index (Phi) is 3.46. The fourth-order valence-electron chi connectivity index (χ4n) is 0.0333. The molecule has 0 heterocycles. The van der Waals surface area contributed by atoms with Gasteiger partial charge in [-0.3, -0.25) is 0 Å². The van der Waals surface area contributed by atoms with E-state index >= 15 is 0 Å². The molecule has 0 aromatic rings. The van der Waals surface area contributed by atoms with Crippen molar-refractivity contribution >= 4 is 25.2 Å². The molecule has 0 amide bonds. The van der Waals surface area contributed by atoms with Gasteiger partial charge in [0.1, 0.15) is 0 Å². The highest BCUT2D eigenvalue weighted by atomic mass is 32.1. The molecule has 0 aromatic carbocycles. The molecule has 28 valence electrons. The van der Waals surface area contributed by atoms with Crippen LogP contribution in [0.4, 0.5) is 0 Å². The summed E-state index contributed by atoms with van der Waals surface area (Å²) in [5, 5.41) is 6.28. The van der Waals surface area contributed by atoms with E-state index in [0.29, 0.717) is 0 Å². The number of thiol groups is 1. The van der Waals surface area contributed by atoms with Crippen molar-refractivity contribution in [3.05, 3.63) is 0 Å². The average Bonchev–Trinajstić information content (AvgIpc) is 1.41. The molecular weight excluding hydrogens is 84.1 g/mol. The van der Waals surface area contributed by atoms with E-state index in [-0.39, 0.29) is 0 Å². The van der Waals surface area contributed by atoms with Crippen LogP contribution in [0.15, 0.2) is 4.40 Å². The van der Waals surface area contributed by atoms with Gasteiger partial charge in [-0.15, -0.1) is 0 Å². The minimum atomic E-state index is 1.06. The fourth-order valence-corrected chi connectivity index (χ4v) is 0.100. The molecule has 0 saturated heterocycles. The molecule has 0 aliphatic heterocycles. The molecule has 1 N–H and O–H groups in total. The fraction of sp³-hybridized carbons (Fsp3) is 0. The van der Waals surface area contributed by atoms with Gasteiger partial charge in [-0.05, 0) is 12.8 Å². The van der Waals surface area contributed by atoms with Crippen molar-refractivity contribution < 1.29 is 0 Å². The van der Waals surface area contributed by atoms with Gasteiger partial charge >= 0.3 is 0 Å². The van der Waals surface area contributed by atoms with Crippen molar-refractivity contribution in [2.24, 2.45) is 4.40 Å². The Morgan fingerprint density at radius 3 is 2.40 bits per heavy atom. The van der Waals surface area contributed by atoms with Crippen LogP contribution in [0.2, 0.25) is 0 Å². The molecule has 3 heteroatoms. The summed E-state index contributed by atoms with van der Waals surface area (Å²) in [4.78, 5) is 0. The van der Waals surface area contributed by atoms with Crippen molar-refractivity contribution in [3.63, 3.8) is 0 Å². The van der Waals surface area contributed by atoms with Crippen molar-refractivity contribution in [2.45, 2.75) is 0 Å². The van der Waals surface area contributed by atoms with Gasteiger partial charge < -0.3 is 5.41 Å². The maximum absolute atomic E-state index is 6.28. The molecule has 0 atom stereocenters. The quantitative estimate of drug-likeness (QED) is 0.347. The first-order valence-corrected chi connectivity index (χ1v) is 1.48. The number of nitrogens with zero attached hydrogens (tertiary/aromatic N) is 1. The Morgan fingerprint density at radius 1 is 1.80 bits per heavy atom. The smallest absolute Gasteiger partial charge is 0.0524 e. The molecule has 0 aliphatic carbocycles. The van der Waals surface area contributed by atoms with Crippen LogP contribution in [0.3, 0.4) is 0 Å². The standard InChI is InChI=1S/C2H4N2S/c3-1-2-4-5/h1-3,5H/b3-1?,4-2-. The van der Waals surface area contributed by atoms with Crippen LogP contribution in [0.25, 0.3) is 0 Å². The minimum absolute atomic E-state index is 1.06. The normalized spacial score (nSPS) is 9.00. The summed E-state index contributed by atoms with van der Waals surface area (Å²) in [6.07, 6.45) is 2.34. The van der Waals surface area contributed by atoms with E-state index in [9.17, 15) is 0 Å². The Hall–Kier alpha value is -0.310. The SMILES string of the molecule is N=C/C=N\S. The Bertz CT molecular complexity index is 49.6. The van der Waals surface area contributed by atoms with Crippen molar-refractivity contribution in [1.29, 1.82) is 5.41 Å². The van der Waals surface area contributed by atoms with E-state index in [1.165, 1.54) is 6.21 Å². The zero-order valence-electron chi connectivity index (χ0n) is 2.55. The monoisotopic (exact) mass is 88.0 g/mol. The summed E-state index contributed by atoms with van der Waals surface area (Å²) >= 11 is 3.42. The molecule has 0 saturated carbocycles. The summed E-state index contributed by atoms with van der Waals surface area (Å²) in [5.74, 6) is 0. The number of nitrogens with one attached hydrogen (secondary N) is 1. The van der Waals surface area contributed by atoms with Crippen molar-refractivity contribution in [3.8, 4) is 0 Å². The second-order valence-corrected chi connectivity index (χ2v) is 0.662. The second-order valence-electron chi connectivity index (χ2n) is 0.431. The summed E-state index contributed by atoms with van der Waals surface area (Å²) in [5.41, 5.74) is 0. The minimum Gasteiger partial charge on any atom is -0.307 e. The molecule has 0 aliphatic rings. The van der Waals surface area contributed by atoms with Gasteiger partial charge in [0.2, 0.25) is 0 Å². The van der Waals surface area contributed by atoms with Crippen LogP contribution < -0.4 is 0 Å². The first-order chi connectivity index (χ1) is 2.41. The lowest BCUT2D eigenvalue weighted by atomic mass is 10.9. The van der Waals surface area contributed by atoms with Gasteiger partial charge in [-0.2, -0.15) is 0 Å². The van der Waals surface area contributed by atoms with Gasteiger partial charge in [0, 0.05) is 6.21 Å². The highest BCUT2D eigenvalue weighted by Crippen LogP contribution is 1.62. The maximum atomic E-state index is 6.28. The van der Waals surface area contributed by atoms with Gasteiger partial charge in [-0.1, -0.05) is 0 Å². The summed E-state index contributed by atoms with van der Waals surface area (Å²) in [6, 6.07) is 0. The van der Waals surface area contributed by atoms with Crippen LogP contribution in [-0.4, -0.2) is 12.4 Å². The van der Waals surface area contributed by atoms with Gasteiger partial charge in [0.15, 0.2) is 0 Å². The molecule has 0 fully saturated rings. The first kappa shape index (κ1) is 4.69. The molecule has 0 unspecified atom stereocenters. The van der Waals surface area contributed by atoms with E-state index in [4.69, 9.17) is 5.41 Å². The van der Waals surface area contributed by atoms with E-state index in [2.05, 4.69) is 17.2 Å². The first-order valence-electron chi connectivity index (χ1n) is 1.08. The third-order valence-electron chi connectivity index (χ3n) is 0.141. The van der Waals surface area contributed by atoms with Crippen LogP contribution >= 0.6 is 12.8 Å². The van der Waals surface area contributed by atoms with E-state index in [1.807, 2.05) is 0 Å². The van der Waals surface area contributed by atoms with Crippen LogP contribution in [0.1, 0.15) is 0 Å². The largest absolute Gasteiger partial charge is 0.307 e. The number of hydrogen-bond acceptors (Lipinski definition) is 3. The van der Waals surface area contributed by atoms with Crippen molar-refractivity contribution in [2.75, 3.05) is 0 Å². The van der Waals surface area contributed by atoms with Crippen LogP contribution in [0.5, 0.6) is 0 Å². The third kappa shape index (κ3) is 3.69. The lowest BCUT2D eigenvalue weighted by Crippen LogP contribution is -1.61. The molecule has 2 nitrogen and oxygen atoms in total. The second kappa shape index (κ2) is 3.69. The van der Waals surface area contributed by atoms with E-state index in [1.54, 1.807) is 0 Å². The van der Waals surface area contributed by atoms with Crippen molar-refractivity contribution in [1.82, 2.24) is 0 Å². The van der Waals surface area contributed by atoms with Crippen LogP contribution in [-0.2, 0) is 0 Å². The molecule has 5 heavy (non-hydrogen) atoms. The summed E-state index contributed by atoms with van der Waals surface area (Å²) in [6.45, 7) is 0. The number of rotatable bonds is 1. The Morgan fingerprint density at radius 2 is 2.40 bits per heavy atom. The van der Waals surface area contributed by atoms with Gasteiger partial charge in [-0.25, -0.2) is 4.40 Å². The molecule has 0 spiro atoms. The van der Waals surface area contributed by atoms with E-state index < -0.39 is 0 Å². The molecule has 0 aromatic heterocycles. The zero-order valence-corrected chi connectivity index (χ0v) is 3.44. The summed E-state index contributed by atoms with van der Waals surface area (Å²) < 4.78 is 3.18. The van der Waals surface area contributed by atoms with Crippen LogP contribution in [0, 0.1) is 5.41 Å². The maximum Gasteiger partial charge on any atom is 0.0524 e. The predicted molar refractivity (Wildman–Crippen MR) is 26.3 cm³/mol. The third-order valence-corrected chi connectivity index (χ3v) is 0.275. The average molecular weight is 88.1 g/mol. The lowest BCUT2D eigenvalue weighted by molar-refractivity contribution is 1.59. The zero-order chi connectivity index (χ0) is 4.12. The highest BCUT2D eigenvalue weighted by molar-refractivity contribution is 7.79. The summed E-state index contributed by atoms with van der Waals surface area (Å²) in [7, 11) is 0. The molecular formula is C2H4N2S. The molecule has 0 rings (SSSR count). The van der Waals surface area contributed by atoms with E-state index in [0.717, 1.165) is 6.21 Å². The lowest BCUT2D eigenvalue weighted by Gasteiger charge is -1.55. The van der Waals surface area contributed by atoms with Gasteiger partial charge in [0.05, 0.1) is 6.21 Å². The Balaban J connectivity index is 2.92.